The van der Waals surface area contributed by atoms with Gasteiger partial charge in [0.1, 0.15) is 5.82 Å². The molecular formula is C9H18N4S. The summed E-state index contributed by atoms with van der Waals surface area (Å²) in [5.74, 6) is 7.64. The van der Waals surface area contributed by atoms with E-state index in [0.717, 1.165) is 24.5 Å². The summed E-state index contributed by atoms with van der Waals surface area (Å²) in [6.07, 6.45) is 6.91. The molecule has 0 radical (unpaired) electrons. The van der Waals surface area contributed by atoms with Gasteiger partial charge in [0.05, 0.1) is 6.04 Å². The molecule has 0 aliphatic rings. The highest BCUT2D eigenvalue weighted by molar-refractivity contribution is 7.98. The van der Waals surface area contributed by atoms with Gasteiger partial charge in [-0.25, -0.2) is 10.4 Å². The maximum absolute atomic E-state index is 5.52. The standard InChI is InChI=1S/C9H18N4S/c1-3-13-6-5-11-9(13)8(12-10)4-7-14-2/h5-6,8,12H,3-4,7,10H2,1-2H3. The van der Waals surface area contributed by atoms with E-state index < -0.39 is 0 Å². The molecule has 80 valence electrons. The summed E-state index contributed by atoms with van der Waals surface area (Å²) in [6.45, 7) is 3.04. The summed E-state index contributed by atoms with van der Waals surface area (Å²) in [4.78, 5) is 4.32. The van der Waals surface area contributed by atoms with Crippen molar-refractivity contribution in [2.45, 2.75) is 25.9 Å². The van der Waals surface area contributed by atoms with Crippen LogP contribution in [0.1, 0.15) is 25.2 Å². The van der Waals surface area contributed by atoms with Gasteiger partial charge in [-0.2, -0.15) is 11.8 Å². The van der Waals surface area contributed by atoms with Crippen molar-refractivity contribution in [3.05, 3.63) is 18.2 Å². The van der Waals surface area contributed by atoms with Gasteiger partial charge in [0, 0.05) is 18.9 Å². The van der Waals surface area contributed by atoms with Crippen molar-refractivity contribution in [1.82, 2.24) is 15.0 Å². The summed E-state index contributed by atoms with van der Waals surface area (Å²) in [5, 5.41) is 0. The zero-order chi connectivity index (χ0) is 10.4. The fourth-order valence-corrected chi connectivity index (χ4v) is 1.89. The van der Waals surface area contributed by atoms with E-state index in [9.17, 15) is 0 Å². The lowest BCUT2D eigenvalue weighted by molar-refractivity contribution is 0.489. The molecule has 0 saturated heterocycles. The zero-order valence-electron chi connectivity index (χ0n) is 8.73. The second-order valence-electron chi connectivity index (χ2n) is 3.07. The van der Waals surface area contributed by atoms with Gasteiger partial charge in [-0.05, 0) is 25.4 Å². The molecule has 1 atom stereocenters. The first-order valence-electron chi connectivity index (χ1n) is 4.79. The summed E-state index contributed by atoms with van der Waals surface area (Å²) in [7, 11) is 0. The SMILES string of the molecule is CCn1ccnc1C(CCSC)NN. The van der Waals surface area contributed by atoms with E-state index in [2.05, 4.69) is 28.2 Å². The molecule has 0 amide bonds. The van der Waals surface area contributed by atoms with Crippen LogP contribution in [0.5, 0.6) is 0 Å². The van der Waals surface area contributed by atoms with E-state index in [4.69, 9.17) is 5.84 Å². The third-order valence-corrected chi connectivity index (χ3v) is 2.86. The van der Waals surface area contributed by atoms with Gasteiger partial charge >= 0.3 is 0 Å². The number of nitrogens with two attached hydrogens (primary N) is 1. The van der Waals surface area contributed by atoms with Crippen LogP contribution in [-0.4, -0.2) is 21.6 Å². The molecular weight excluding hydrogens is 196 g/mol. The monoisotopic (exact) mass is 214 g/mol. The molecule has 3 N–H and O–H groups in total. The second kappa shape index (κ2) is 6.06. The van der Waals surface area contributed by atoms with Crippen molar-refractivity contribution < 1.29 is 0 Å². The quantitative estimate of drug-likeness (QED) is 0.551. The lowest BCUT2D eigenvalue weighted by atomic mass is 10.2. The van der Waals surface area contributed by atoms with Gasteiger partial charge < -0.3 is 4.57 Å². The first kappa shape index (κ1) is 11.6. The van der Waals surface area contributed by atoms with Gasteiger partial charge in [0.15, 0.2) is 0 Å². The Bertz CT molecular complexity index is 261. The molecule has 1 heterocycles. The van der Waals surface area contributed by atoms with Crippen molar-refractivity contribution in [3.63, 3.8) is 0 Å². The van der Waals surface area contributed by atoms with Crippen LogP contribution in [0.25, 0.3) is 0 Å². The molecule has 0 aliphatic heterocycles. The minimum atomic E-state index is 0.164. The average molecular weight is 214 g/mol. The molecule has 5 heteroatoms. The molecule has 14 heavy (non-hydrogen) atoms. The van der Waals surface area contributed by atoms with Crippen LogP contribution in [-0.2, 0) is 6.54 Å². The topological polar surface area (TPSA) is 55.9 Å². The van der Waals surface area contributed by atoms with E-state index in [-0.39, 0.29) is 6.04 Å². The second-order valence-corrected chi connectivity index (χ2v) is 4.06. The van der Waals surface area contributed by atoms with Gasteiger partial charge in [0.25, 0.3) is 0 Å². The highest BCUT2D eigenvalue weighted by atomic mass is 32.2. The average Bonchev–Trinajstić information content (AvgIpc) is 2.67. The molecule has 0 aromatic carbocycles. The number of hydrogen-bond donors (Lipinski definition) is 2. The van der Waals surface area contributed by atoms with Crippen molar-refractivity contribution >= 4 is 11.8 Å². The van der Waals surface area contributed by atoms with Crippen LogP contribution in [0.3, 0.4) is 0 Å². The van der Waals surface area contributed by atoms with Crippen LogP contribution >= 0.6 is 11.8 Å². The van der Waals surface area contributed by atoms with Crippen molar-refractivity contribution in [1.29, 1.82) is 0 Å². The third-order valence-electron chi connectivity index (χ3n) is 2.21. The molecule has 1 unspecified atom stereocenters. The first-order chi connectivity index (χ1) is 6.83. The van der Waals surface area contributed by atoms with E-state index in [1.807, 2.05) is 24.2 Å². The number of rotatable bonds is 6. The van der Waals surface area contributed by atoms with Crippen molar-refractivity contribution in [3.8, 4) is 0 Å². The van der Waals surface area contributed by atoms with Crippen LogP contribution < -0.4 is 11.3 Å². The lowest BCUT2D eigenvalue weighted by Crippen LogP contribution is -2.30. The molecule has 0 saturated carbocycles. The predicted octanol–water partition coefficient (Wildman–Crippen LogP) is 1.16. The molecule has 1 aromatic heterocycles. The van der Waals surface area contributed by atoms with E-state index in [1.165, 1.54) is 0 Å². The number of aryl methyl sites for hydroxylation is 1. The van der Waals surface area contributed by atoms with Crippen LogP contribution in [0, 0.1) is 0 Å². The normalized spacial score (nSPS) is 13.1. The molecule has 0 aliphatic carbocycles. The zero-order valence-corrected chi connectivity index (χ0v) is 9.55. The Hall–Kier alpha value is -0.520. The Labute approximate surface area is 89.2 Å². The Balaban J connectivity index is 2.67. The summed E-state index contributed by atoms with van der Waals surface area (Å²) in [5.41, 5.74) is 2.82. The predicted molar refractivity (Wildman–Crippen MR) is 61.0 cm³/mol. The number of hydrazine groups is 1. The number of nitrogens with zero attached hydrogens (tertiary/aromatic N) is 2. The number of thioether (sulfide) groups is 1. The summed E-state index contributed by atoms with van der Waals surface area (Å²) >= 11 is 1.82. The minimum Gasteiger partial charge on any atom is -0.334 e. The maximum Gasteiger partial charge on any atom is 0.127 e. The molecule has 0 spiro atoms. The lowest BCUT2D eigenvalue weighted by Gasteiger charge is -2.15. The van der Waals surface area contributed by atoms with Gasteiger partial charge in [0.2, 0.25) is 0 Å². The van der Waals surface area contributed by atoms with E-state index in [0.29, 0.717) is 0 Å². The van der Waals surface area contributed by atoms with Crippen LogP contribution in [0.2, 0.25) is 0 Å². The summed E-state index contributed by atoms with van der Waals surface area (Å²) < 4.78 is 2.12. The molecule has 4 nitrogen and oxygen atoms in total. The number of hydrogen-bond acceptors (Lipinski definition) is 4. The highest BCUT2D eigenvalue weighted by Gasteiger charge is 2.13. The number of nitrogens with one attached hydrogen (secondary N) is 1. The Morgan fingerprint density at radius 3 is 3.07 bits per heavy atom. The molecule has 1 rings (SSSR count). The fourth-order valence-electron chi connectivity index (χ4n) is 1.42. The van der Waals surface area contributed by atoms with Gasteiger partial charge in [-0.3, -0.25) is 5.84 Å². The molecule has 0 bridgehead atoms. The van der Waals surface area contributed by atoms with Crippen molar-refractivity contribution in [2.24, 2.45) is 5.84 Å². The van der Waals surface area contributed by atoms with E-state index in [1.54, 1.807) is 0 Å². The number of aromatic nitrogens is 2. The molecule has 1 aromatic rings. The van der Waals surface area contributed by atoms with Gasteiger partial charge in [-0.15, -0.1) is 0 Å². The minimum absolute atomic E-state index is 0.164. The van der Waals surface area contributed by atoms with Crippen molar-refractivity contribution in [2.75, 3.05) is 12.0 Å². The first-order valence-corrected chi connectivity index (χ1v) is 6.19. The number of imidazole rings is 1. The highest BCUT2D eigenvalue weighted by Crippen LogP contribution is 2.15. The van der Waals surface area contributed by atoms with Crippen LogP contribution in [0.15, 0.2) is 12.4 Å². The largest absolute Gasteiger partial charge is 0.334 e. The van der Waals surface area contributed by atoms with E-state index >= 15 is 0 Å². The Morgan fingerprint density at radius 2 is 2.50 bits per heavy atom. The Kier molecular flexibility index (Phi) is 5.00. The Morgan fingerprint density at radius 1 is 1.71 bits per heavy atom. The smallest absolute Gasteiger partial charge is 0.127 e. The van der Waals surface area contributed by atoms with Crippen LogP contribution in [0.4, 0.5) is 0 Å². The van der Waals surface area contributed by atoms with Gasteiger partial charge in [-0.1, -0.05) is 0 Å². The summed E-state index contributed by atoms with van der Waals surface area (Å²) in [6, 6.07) is 0.164. The maximum atomic E-state index is 5.52. The third kappa shape index (κ3) is 2.73. The fraction of sp³-hybridized carbons (Fsp3) is 0.667. The molecule has 0 fully saturated rings.